The van der Waals surface area contributed by atoms with E-state index in [9.17, 15) is 4.39 Å². The van der Waals surface area contributed by atoms with Crippen LogP contribution in [0.1, 0.15) is 24.6 Å². The molecule has 2 aromatic carbocycles. The maximum atomic E-state index is 13.2. The zero-order valence-corrected chi connectivity index (χ0v) is 20.5. The van der Waals surface area contributed by atoms with Crippen molar-refractivity contribution in [2.45, 2.75) is 18.9 Å². The molecule has 0 bridgehead atoms. The monoisotopic (exact) mass is 523 g/mol. The van der Waals surface area contributed by atoms with Crippen molar-refractivity contribution >= 4 is 53.1 Å². The first-order valence-electron chi connectivity index (χ1n) is 10.7. The van der Waals surface area contributed by atoms with Gasteiger partial charge in [0.15, 0.2) is 0 Å². The molecule has 1 unspecified atom stereocenters. The van der Waals surface area contributed by atoms with Gasteiger partial charge in [0.25, 0.3) is 0 Å². The quantitative estimate of drug-likeness (QED) is 0.267. The summed E-state index contributed by atoms with van der Waals surface area (Å²) in [6.45, 7) is 1.93. The Morgan fingerprint density at radius 2 is 1.79 bits per heavy atom. The van der Waals surface area contributed by atoms with Gasteiger partial charge < -0.3 is 20.4 Å². The van der Waals surface area contributed by atoms with Gasteiger partial charge in [-0.2, -0.15) is 0 Å². The Hall–Kier alpha value is -2.58. The third kappa shape index (κ3) is 5.73. The van der Waals surface area contributed by atoms with Crippen molar-refractivity contribution in [1.82, 2.24) is 20.3 Å². The Morgan fingerprint density at radius 1 is 1.03 bits per heavy atom. The van der Waals surface area contributed by atoms with E-state index in [0.29, 0.717) is 22.4 Å². The molecule has 4 aromatic rings. The molecular weight excluding hydrogens is 500 g/mol. The lowest BCUT2D eigenvalue weighted by molar-refractivity contribution is 0.333. The maximum absolute atomic E-state index is 13.2. The summed E-state index contributed by atoms with van der Waals surface area (Å²) in [5, 5.41) is 8.57. The molecule has 34 heavy (non-hydrogen) atoms. The average molecular weight is 525 g/mol. The molecular formula is C24H25Cl3FN5O. The molecule has 1 saturated heterocycles. The van der Waals surface area contributed by atoms with Crippen molar-refractivity contribution < 1.29 is 9.13 Å². The fourth-order valence-electron chi connectivity index (χ4n) is 4.24. The molecule has 3 N–H and O–H groups in total. The van der Waals surface area contributed by atoms with Crippen LogP contribution in [0.2, 0.25) is 5.02 Å². The van der Waals surface area contributed by atoms with E-state index in [4.69, 9.17) is 16.3 Å². The van der Waals surface area contributed by atoms with Crippen LogP contribution in [0, 0.1) is 11.7 Å². The number of halogens is 4. The molecule has 5 rings (SSSR count). The van der Waals surface area contributed by atoms with Crippen LogP contribution in [0.25, 0.3) is 11.0 Å². The summed E-state index contributed by atoms with van der Waals surface area (Å²) in [5.41, 5.74) is 2.53. The van der Waals surface area contributed by atoms with E-state index >= 15 is 0 Å². The second-order valence-corrected chi connectivity index (χ2v) is 8.32. The fourth-order valence-corrected chi connectivity index (χ4v) is 4.48. The Balaban J connectivity index is 0.00000162. The van der Waals surface area contributed by atoms with Crippen LogP contribution in [0.15, 0.2) is 61.1 Å². The number of anilines is 1. The number of aromatic nitrogens is 3. The summed E-state index contributed by atoms with van der Waals surface area (Å²) in [7, 11) is 0. The number of hydrogen-bond acceptors (Lipinski definition) is 5. The lowest BCUT2D eigenvalue weighted by Gasteiger charge is -2.32. The zero-order chi connectivity index (χ0) is 21.9. The summed E-state index contributed by atoms with van der Waals surface area (Å²) in [6.07, 6.45) is 5.38. The number of rotatable bonds is 6. The Labute approximate surface area is 214 Å². The van der Waals surface area contributed by atoms with Crippen LogP contribution in [-0.4, -0.2) is 28.0 Å². The zero-order valence-electron chi connectivity index (χ0n) is 18.1. The van der Waals surface area contributed by atoms with Gasteiger partial charge in [0.1, 0.15) is 29.3 Å². The van der Waals surface area contributed by atoms with Crippen LogP contribution < -0.4 is 15.4 Å². The number of ether oxygens (including phenoxy) is 1. The third-order valence-corrected chi connectivity index (χ3v) is 6.10. The minimum Gasteiger partial charge on any atom is -0.457 e. The standard InChI is InChI=1S/C24H23ClFN5O.2ClH/c25-20-13-28-24-21(20)23(29-14-30-24)22(15-8-10-27-11-9-15)31-17-2-1-3-19(12-17)32-18-6-4-16(26)5-7-18;;/h1-7,12-15,22,27,31H,8-11H2,(H,28,29,30);2*1H. The van der Waals surface area contributed by atoms with E-state index in [1.165, 1.54) is 12.1 Å². The van der Waals surface area contributed by atoms with E-state index in [2.05, 4.69) is 25.6 Å². The second kappa shape index (κ2) is 11.7. The van der Waals surface area contributed by atoms with E-state index < -0.39 is 0 Å². The fraction of sp³-hybridized carbons (Fsp3) is 0.250. The van der Waals surface area contributed by atoms with Crippen LogP contribution >= 0.6 is 36.4 Å². The van der Waals surface area contributed by atoms with E-state index in [-0.39, 0.29) is 36.7 Å². The Kier molecular flexibility index (Phi) is 8.97. The van der Waals surface area contributed by atoms with Gasteiger partial charge in [-0.25, -0.2) is 14.4 Å². The SMILES string of the molecule is Cl.Cl.Fc1ccc(Oc2cccc(NC(c3ncnc4[nH]cc(Cl)c34)C3CCNCC3)c2)cc1. The molecule has 0 saturated carbocycles. The molecule has 0 aliphatic carbocycles. The summed E-state index contributed by atoms with van der Waals surface area (Å²) < 4.78 is 19.1. The summed E-state index contributed by atoms with van der Waals surface area (Å²) >= 11 is 6.49. The number of hydrogen-bond donors (Lipinski definition) is 3. The molecule has 1 atom stereocenters. The molecule has 1 fully saturated rings. The molecule has 6 nitrogen and oxygen atoms in total. The number of aromatic amines is 1. The van der Waals surface area contributed by atoms with Crippen LogP contribution in [0.4, 0.5) is 10.1 Å². The van der Waals surface area contributed by atoms with Gasteiger partial charge in [-0.1, -0.05) is 17.7 Å². The van der Waals surface area contributed by atoms with E-state index in [0.717, 1.165) is 48.3 Å². The number of piperidine rings is 1. The number of H-pyrrole nitrogens is 1. The predicted octanol–water partition coefficient (Wildman–Crippen LogP) is 6.54. The van der Waals surface area contributed by atoms with Crippen LogP contribution in [-0.2, 0) is 0 Å². The maximum Gasteiger partial charge on any atom is 0.142 e. The average Bonchev–Trinajstić information content (AvgIpc) is 3.21. The van der Waals surface area contributed by atoms with Crippen molar-refractivity contribution in [2.24, 2.45) is 5.92 Å². The topological polar surface area (TPSA) is 74.9 Å². The minimum atomic E-state index is -0.294. The van der Waals surface area contributed by atoms with Gasteiger partial charge in [-0.05, 0) is 68.2 Å². The first-order chi connectivity index (χ1) is 15.7. The summed E-state index contributed by atoms with van der Waals surface area (Å²) in [6, 6.07) is 13.7. The summed E-state index contributed by atoms with van der Waals surface area (Å²) in [4.78, 5) is 12.1. The number of benzene rings is 2. The van der Waals surface area contributed by atoms with Crippen molar-refractivity contribution in [2.75, 3.05) is 18.4 Å². The number of nitrogens with one attached hydrogen (secondary N) is 3. The van der Waals surface area contributed by atoms with Crippen molar-refractivity contribution in [3.63, 3.8) is 0 Å². The highest BCUT2D eigenvalue weighted by molar-refractivity contribution is 6.35. The highest BCUT2D eigenvalue weighted by Crippen LogP contribution is 2.37. The predicted molar refractivity (Wildman–Crippen MR) is 138 cm³/mol. The van der Waals surface area contributed by atoms with Gasteiger partial charge in [-0.3, -0.25) is 0 Å². The van der Waals surface area contributed by atoms with Crippen molar-refractivity contribution in [3.05, 3.63) is 77.6 Å². The lowest BCUT2D eigenvalue weighted by atomic mass is 9.87. The Morgan fingerprint density at radius 3 is 2.56 bits per heavy atom. The normalized spacial score (nSPS) is 14.6. The molecule has 0 amide bonds. The lowest BCUT2D eigenvalue weighted by Crippen LogP contribution is -2.33. The summed E-state index contributed by atoms with van der Waals surface area (Å²) in [5.74, 6) is 1.33. The number of nitrogens with zero attached hydrogens (tertiary/aromatic N) is 2. The van der Waals surface area contributed by atoms with Gasteiger partial charge >= 0.3 is 0 Å². The van der Waals surface area contributed by atoms with Crippen molar-refractivity contribution in [1.29, 1.82) is 0 Å². The van der Waals surface area contributed by atoms with Gasteiger partial charge in [0.05, 0.1) is 22.1 Å². The number of fused-ring (bicyclic) bond motifs is 1. The largest absolute Gasteiger partial charge is 0.457 e. The molecule has 10 heteroatoms. The van der Waals surface area contributed by atoms with Gasteiger partial charge in [0, 0.05) is 18.0 Å². The molecule has 1 aliphatic rings. The van der Waals surface area contributed by atoms with E-state index in [1.54, 1.807) is 24.7 Å². The Bertz CT molecular complexity index is 1210. The molecule has 1 aliphatic heterocycles. The van der Waals surface area contributed by atoms with Crippen LogP contribution in [0.5, 0.6) is 11.5 Å². The second-order valence-electron chi connectivity index (χ2n) is 7.91. The molecule has 0 radical (unpaired) electrons. The minimum absolute atomic E-state index is 0. The third-order valence-electron chi connectivity index (χ3n) is 5.81. The van der Waals surface area contributed by atoms with Gasteiger partial charge in [-0.15, -0.1) is 24.8 Å². The van der Waals surface area contributed by atoms with Crippen LogP contribution in [0.3, 0.4) is 0 Å². The smallest absolute Gasteiger partial charge is 0.142 e. The molecule has 0 spiro atoms. The molecule has 3 heterocycles. The highest BCUT2D eigenvalue weighted by Gasteiger charge is 2.29. The molecule has 180 valence electrons. The molecule has 2 aromatic heterocycles. The highest BCUT2D eigenvalue weighted by atomic mass is 35.5. The van der Waals surface area contributed by atoms with Gasteiger partial charge in [0.2, 0.25) is 0 Å². The first kappa shape index (κ1) is 26.0. The first-order valence-corrected chi connectivity index (χ1v) is 11.0. The van der Waals surface area contributed by atoms with E-state index in [1.807, 2.05) is 24.3 Å². The van der Waals surface area contributed by atoms with Crippen molar-refractivity contribution in [3.8, 4) is 11.5 Å².